The molecule has 4 heteroatoms. The maximum Gasteiger partial charge on any atom is 0.555 e. The van der Waals surface area contributed by atoms with Crippen molar-refractivity contribution < 1.29 is 41.8 Å². The Morgan fingerprint density at radius 1 is 1.33 bits per heavy atom. The van der Waals surface area contributed by atoms with Crippen LogP contribution >= 0.6 is 8.03 Å². The molecule has 0 amide bonds. The molecular weight excluding hydrogens is 248 g/mol. The molecule has 1 aromatic carbocycles. The molecule has 61 valence electrons. The minimum Gasteiger partial charge on any atom is -0.254 e. The molecule has 0 heterocycles. The van der Waals surface area contributed by atoms with Gasteiger partial charge in [-0.05, 0) is 23.6 Å². The van der Waals surface area contributed by atoms with Crippen LogP contribution in [-0.2, 0) is 37.3 Å². The zero-order valence-corrected chi connectivity index (χ0v) is 10.7. The van der Waals surface area contributed by atoms with Crippen LogP contribution in [0.5, 0.6) is 5.75 Å². The molecule has 12 heavy (non-hydrogen) atoms. The standard InChI is InChI=1S/C8H10O2P.Y/c1-2-11(9)10-8-6-4-3-5-7-8;/h3-7H,2H2,1H3;/q+1;. The van der Waals surface area contributed by atoms with Crippen molar-refractivity contribution in [3.63, 3.8) is 0 Å². The number of rotatable bonds is 3. The summed E-state index contributed by atoms with van der Waals surface area (Å²) in [7, 11) is -1.50. The van der Waals surface area contributed by atoms with Gasteiger partial charge in [-0.25, -0.2) is 0 Å². The van der Waals surface area contributed by atoms with E-state index in [0.717, 1.165) is 0 Å². The van der Waals surface area contributed by atoms with Crippen LogP contribution in [0.1, 0.15) is 6.92 Å². The van der Waals surface area contributed by atoms with Gasteiger partial charge >= 0.3 is 8.03 Å². The van der Waals surface area contributed by atoms with Gasteiger partial charge in [0.1, 0.15) is 0 Å². The molecule has 2 nitrogen and oxygen atoms in total. The summed E-state index contributed by atoms with van der Waals surface area (Å²) < 4.78 is 16.0. The van der Waals surface area contributed by atoms with Crippen molar-refractivity contribution in [2.24, 2.45) is 0 Å². The Kier molecular flexibility index (Phi) is 6.83. The zero-order chi connectivity index (χ0) is 8.10. The fraction of sp³-hybridized carbons (Fsp3) is 0.250. The van der Waals surface area contributed by atoms with Crippen LogP contribution in [-0.4, -0.2) is 6.16 Å². The third-order valence-corrected chi connectivity index (χ3v) is 2.14. The van der Waals surface area contributed by atoms with Gasteiger partial charge in [-0.15, -0.1) is 0 Å². The van der Waals surface area contributed by atoms with Gasteiger partial charge in [-0.1, -0.05) is 18.2 Å². The first kappa shape index (κ1) is 12.2. The fourth-order valence-corrected chi connectivity index (χ4v) is 1.15. The maximum atomic E-state index is 10.9. The summed E-state index contributed by atoms with van der Waals surface area (Å²) in [6.07, 6.45) is 0.560. The summed E-state index contributed by atoms with van der Waals surface area (Å²) in [5.41, 5.74) is 0. The van der Waals surface area contributed by atoms with Crippen molar-refractivity contribution in [1.82, 2.24) is 0 Å². The third kappa shape index (κ3) is 4.30. The number of para-hydroxylation sites is 1. The average molecular weight is 258 g/mol. The molecule has 0 aliphatic heterocycles. The predicted molar refractivity (Wildman–Crippen MR) is 45.2 cm³/mol. The van der Waals surface area contributed by atoms with Crippen LogP contribution in [0.3, 0.4) is 0 Å². The number of benzene rings is 1. The summed E-state index contributed by atoms with van der Waals surface area (Å²) >= 11 is 0. The molecule has 0 spiro atoms. The first-order valence-corrected chi connectivity index (χ1v) is 4.87. The Morgan fingerprint density at radius 3 is 2.42 bits per heavy atom. The van der Waals surface area contributed by atoms with E-state index in [1.54, 1.807) is 12.1 Å². The Hall–Kier alpha value is 0.224. The van der Waals surface area contributed by atoms with Crippen LogP contribution in [0.15, 0.2) is 30.3 Å². The third-order valence-electron chi connectivity index (χ3n) is 1.21. The van der Waals surface area contributed by atoms with Crippen LogP contribution in [0.25, 0.3) is 0 Å². The van der Waals surface area contributed by atoms with Gasteiger partial charge in [0.05, 0.1) is 0 Å². The van der Waals surface area contributed by atoms with E-state index >= 15 is 0 Å². The number of hydrogen-bond acceptors (Lipinski definition) is 2. The minimum absolute atomic E-state index is 0. The van der Waals surface area contributed by atoms with E-state index in [-0.39, 0.29) is 32.7 Å². The molecule has 0 bridgehead atoms. The van der Waals surface area contributed by atoms with Crippen LogP contribution in [0, 0.1) is 0 Å². The maximum absolute atomic E-state index is 10.9. The number of hydrogen-bond donors (Lipinski definition) is 0. The van der Waals surface area contributed by atoms with E-state index in [1.165, 1.54) is 0 Å². The van der Waals surface area contributed by atoms with Gasteiger partial charge in [0.25, 0.3) is 0 Å². The summed E-state index contributed by atoms with van der Waals surface area (Å²) in [5, 5.41) is 0. The van der Waals surface area contributed by atoms with Crippen molar-refractivity contribution in [1.29, 1.82) is 0 Å². The first-order valence-electron chi connectivity index (χ1n) is 3.50. The van der Waals surface area contributed by atoms with Crippen LogP contribution < -0.4 is 4.52 Å². The van der Waals surface area contributed by atoms with Crippen molar-refractivity contribution >= 4 is 8.03 Å². The van der Waals surface area contributed by atoms with Gasteiger partial charge in [0, 0.05) is 32.7 Å². The fourth-order valence-electron chi connectivity index (χ4n) is 0.663. The molecule has 0 aliphatic rings. The van der Waals surface area contributed by atoms with E-state index < -0.39 is 8.03 Å². The molecule has 1 rings (SSSR count). The molecular formula is C8H10O2PY+. The quantitative estimate of drug-likeness (QED) is 0.779. The predicted octanol–water partition coefficient (Wildman–Crippen LogP) is 2.83. The topological polar surface area (TPSA) is 26.3 Å². The Morgan fingerprint density at radius 2 is 1.92 bits per heavy atom. The summed E-state index contributed by atoms with van der Waals surface area (Å²) in [6.45, 7) is 1.83. The first-order chi connectivity index (χ1) is 5.33. The molecule has 0 aromatic heterocycles. The minimum atomic E-state index is -1.50. The van der Waals surface area contributed by atoms with Crippen LogP contribution in [0.4, 0.5) is 0 Å². The van der Waals surface area contributed by atoms with E-state index in [1.807, 2.05) is 25.1 Å². The molecule has 1 aromatic rings. The van der Waals surface area contributed by atoms with Gasteiger partial charge in [0.15, 0.2) is 11.9 Å². The molecule has 0 saturated heterocycles. The molecule has 0 aliphatic carbocycles. The van der Waals surface area contributed by atoms with E-state index in [2.05, 4.69) is 0 Å². The molecule has 0 saturated carbocycles. The summed E-state index contributed by atoms with van der Waals surface area (Å²) in [5.74, 6) is 0.676. The van der Waals surface area contributed by atoms with Crippen LogP contribution in [0.2, 0.25) is 0 Å². The largest absolute Gasteiger partial charge is 0.555 e. The van der Waals surface area contributed by atoms with Crippen molar-refractivity contribution in [3.05, 3.63) is 30.3 Å². The summed E-state index contributed by atoms with van der Waals surface area (Å²) in [6, 6.07) is 9.19. The average Bonchev–Trinajstić information content (AvgIpc) is 2.06. The van der Waals surface area contributed by atoms with Crippen molar-refractivity contribution in [3.8, 4) is 5.75 Å². The molecule has 1 atom stereocenters. The summed E-state index contributed by atoms with van der Waals surface area (Å²) in [4.78, 5) is 0. The van der Waals surface area contributed by atoms with Gasteiger partial charge in [-0.2, -0.15) is 0 Å². The zero-order valence-electron chi connectivity index (χ0n) is 6.93. The Bertz CT molecular complexity index is 238. The molecule has 0 fully saturated rings. The SMILES string of the molecule is CC[P+](=O)Oc1ccccc1.[Y]. The van der Waals surface area contributed by atoms with Crippen molar-refractivity contribution in [2.75, 3.05) is 6.16 Å². The van der Waals surface area contributed by atoms with E-state index in [9.17, 15) is 4.57 Å². The van der Waals surface area contributed by atoms with E-state index in [0.29, 0.717) is 11.9 Å². The second-order valence-corrected chi connectivity index (χ2v) is 3.53. The Labute approximate surface area is 98.4 Å². The Balaban J connectivity index is 0.00000121. The monoisotopic (exact) mass is 258 g/mol. The second kappa shape index (κ2) is 6.71. The smallest absolute Gasteiger partial charge is 0.254 e. The molecule has 0 N–H and O–H groups in total. The van der Waals surface area contributed by atoms with Gasteiger partial charge in [0.2, 0.25) is 0 Å². The van der Waals surface area contributed by atoms with Crippen molar-refractivity contribution in [2.45, 2.75) is 6.92 Å². The molecule has 1 unspecified atom stereocenters. The normalized spacial score (nSPS) is 9.92. The molecule has 1 radical (unpaired) electrons. The van der Waals surface area contributed by atoms with Gasteiger partial charge in [-0.3, -0.25) is 4.52 Å². The van der Waals surface area contributed by atoms with E-state index in [4.69, 9.17) is 4.52 Å². The van der Waals surface area contributed by atoms with Gasteiger partial charge < -0.3 is 0 Å². The second-order valence-electron chi connectivity index (χ2n) is 2.05.